The Kier molecular flexibility index (Phi) is 4.83. The zero-order chi connectivity index (χ0) is 12.1. The highest BCUT2D eigenvalue weighted by atomic mass is 127. The first-order valence-corrected chi connectivity index (χ1v) is 6.90. The van der Waals surface area contributed by atoms with Crippen molar-refractivity contribution < 1.29 is 0 Å². The predicted molar refractivity (Wildman–Crippen MR) is 81.2 cm³/mol. The Hall–Kier alpha value is -0.580. The fourth-order valence-electron chi connectivity index (χ4n) is 1.60. The van der Waals surface area contributed by atoms with Crippen LogP contribution in [0.15, 0.2) is 48.5 Å². The largest absolute Gasteiger partial charge is 0.309 e. The summed E-state index contributed by atoms with van der Waals surface area (Å²) in [6.07, 6.45) is 0. The van der Waals surface area contributed by atoms with Crippen LogP contribution >= 0.6 is 34.2 Å². The van der Waals surface area contributed by atoms with Gasteiger partial charge in [0.15, 0.2) is 0 Å². The third kappa shape index (κ3) is 3.98. The van der Waals surface area contributed by atoms with E-state index >= 15 is 0 Å². The minimum absolute atomic E-state index is 0.824. The van der Waals surface area contributed by atoms with Crippen LogP contribution in [0.5, 0.6) is 0 Å². The van der Waals surface area contributed by atoms with E-state index in [1.54, 1.807) is 0 Å². The summed E-state index contributed by atoms with van der Waals surface area (Å²) in [6.45, 7) is 1.72. The molecule has 0 spiro atoms. The molecule has 1 nitrogen and oxygen atoms in total. The lowest BCUT2D eigenvalue weighted by Crippen LogP contribution is -2.12. The molecule has 0 heterocycles. The molecule has 0 aliphatic rings. The Labute approximate surface area is 120 Å². The Bertz CT molecular complexity index is 485. The first kappa shape index (κ1) is 12.9. The van der Waals surface area contributed by atoms with Gasteiger partial charge in [0.2, 0.25) is 0 Å². The van der Waals surface area contributed by atoms with Gasteiger partial charge in [0.05, 0.1) is 5.02 Å². The van der Waals surface area contributed by atoms with Crippen LogP contribution < -0.4 is 5.32 Å². The molecule has 17 heavy (non-hydrogen) atoms. The van der Waals surface area contributed by atoms with Gasteiger partial charge in [-0.15, -0.1) is 0 Å². The zero-order valence-electron chi connectivity index (χ0n) is 9.29. The van der Waals surface area contributed by atoms with Gasteiger partial charge in [-0.1, -0.05) is 48.0 Å². The van der Waals surface area contributed by atoms with Gasteiger partial charge in [0, 0.05) is 16.7 Å². The third-order valence-corrected chi connectivity index (χ3v) is 4.06. The van der Waals surface area contributed by atoms with E-state index in [-0.39, 0.29) is 0 Å². The molecular weight excluding hydrogens is 345 g/mol. The summed E-state index contributed by atoms with van der Waals surface area (Å²) in [4.78, 5) is 0. The molecule has 0 atom stereocenters. The lowest BCUT2D eigenvalue weighted by molar-refractivity contribution is 0.693. The molecule has 0 saturated heterocycles. The standard InChI is InChI=1S/C14H13ClIN/c15-13-8-12(6-7-14(13)16)10-17-9-11-4-2-1-3-5-11/h1-8,17H,9-10H2. The van der Waals surface area contributed by atoms with Crippen molar-refractivity contribution in [2.75, 3.05) is 0 Å². The van der Waals surface area contributed by atoms with Crippen molar-refractivity contribution >= 4 is 34.2 Å². The van der Waals surface area contributed by atoms with E-state index in [2.05, 4.69) is 58.2 Å². The van der Waals surface area contributed by atoms with Crippen molar-refractivity contribution in [3.05, 3.63) is 68.3 Å². The predicted octanol–water partition coefficient (Wildman–Crippen LogP) is 4.23. The van der Waals surface area contributed by atoms with Gasteiger partial charge < -0.3 is 5.32 Å². The summed E-state index contributed by atoms with van der Waals surface area (Å²) in [7, 11) is 0. The summed E-state index contributed by atoms with van der Waals surface area (Å²) in [5, 5.41) is 4.23. The van der Waals surface area contributed by atoms with Crippen LogP contribution in [-0.2, 0) is 13.1 Å². The van der Waals surface area contributed by atoms with E-state index in [1.807, 2.05) is 18.2 Å². The average molecular weight is 358 g/mol. The number of hydrogen-bond acceptors (Lipinski definition) is 1. The lowest BCUT2D eigenvalue weighted by Gasteiger charge is -2.06. The van der Waals surface area contributed by atoms with Gasteiger partial charge in [-0.3, -0.25) is 0 Å². The Morgan fingerprint density at radius 2 is 1.65 bits per heavy atom. The molecule has 3 heteroatoms. The van der Waals surface area contributed by atoms with E-state index in [0.29, 0.717) is 0 Å². The molecule has 0 saturated carbocycles. The lowest BCUT2D eigenvalue weighted by atomic mass is 10.2. The Balaban J connectivity index is 1.88. The Morgan fingerprint density at radius 3 is 2.35 bits per heavy atom. The first-order chi connectivity index (χ1) is 8.25. The molecule has 0 aliphatic heterocycles. The second-order valence-electron chi connectivity index (χ2n) is 3.84. The number of halogens is 2. The van der Waals surface area contributed by atoms with E-state index < -0.39 is 0 Å². The molecule has 2 aromatic carbocycles. The molecule has 0 bridgehead atoms. The minimum atomic E-state index is 0.824. The van der Waals surface area contributed by atoms with Gasteiger partial charge >= 0.3 is 0 Å². The molecule has 1 N–H and O–H groups in total. The summed E-state index contributed by atoms with van der Waals surface area (Å²) in [6, 6.07) is 16.5. The second kappa shape index (κ2) is 6.38. The summed E-state index contributed by atoms with van der Waals surface area (Å²) in [5.74, 6) is 0. The SMILES string of the molecule is Clc1cc(CNCc2ccccc2)ccc1I. The summed E-state index contributed by atoms with van der Waals surface area (Å²) < 4.78 is 1.09. The van der Waals surface area contributed by atoms with Crippen molar-refractivity contribution in [3.63, 3.8) is 0 Å². The topological polar surface area (TPSA) is 12.0 Å². The quantitative estimate of drug-likeness (QED) is 0.807. The van der Waals surface area contributed by atoms with Crippen molar-refractivity contribution in [2.45, 2.75) is 13.1 Å². The van der Waals surface area contributed by atoms with Crippen LogP contribution in [0.3, 0.4) is 0 Å². The molecule has 0 aromatic heterocycles. The van der Waals surface area contributed by atoms with Crippen molar-refractivity contribution in [1.29, 1.82) is 0 Å². The first-order valence-electron chi connectivity index (χ1n) is 5.44. The number of benzene rings is 2. The van der Waals surface area contributed by atoms with Gasteiger partial charge in [-0.25, -0.2) is 0 Å². The maximum Gasteiger partial charge on any atom is 0.0542 e. The Morgan fingerprint density at radius 1 is 0.941 bits per heavy atom. The van der Waals surface area contributed by atoms with Crippen LogP contribution in [0.1, 0.15) is 11.1 Å². The number of rotatable bonds is 4. The average Bonchev–Trinajstić information content (AvgIpc) is 2.35. The van der Waals surface area contributed by atoms with Crippen molar-refractivity contribution in [2.24, 2.45) is 0 Å². The van der Waals surface area contributed by atoms with Crippen LogP contribution in [0, 0.1) is 3.57 Å². The van der Waals surface area contributed by atoms with E-state index in [1.165, 1.54) is 11.1 Å². The molecule has 2 rings (SSSR count). The molecule has 2 aromatic rings. The molecule has 0 radical (unpaired) electrons. The number of nitrogens with one attached hydrogen (secondary N) is 1. The minimum Gasteiger partial charge on any atom is -0.309 e. The number of hydrogen-bond donors (Lipinski definition) is 1. The monoisotopic (exact) mass is 357 g/mol. The third-order valence-electron chi connectivity index (χ3n) is 2.49. The zero-order valence-corrected chi connectivity index (χ0v) is 12.2. The van der Waals surface area contributed by atoms with E-state index in [4.69, 9.17) is 11.6 Å². The molecule has 0 aliphatic carbocycles. The fourth-order valence-corrected chi connectivity index (χ4v) is 2.14. The molecule has 0 unspecified atom stereocenters. The molecule has 0 fully saturated rings. The van der Waals surface area contributed by atoms with Crippen molar-refractivity contribution in [1.82, 2.24) is 5.32 Å². The van der Waals surface area contributed by atoms with Crippen LogP contribution in [0.4, 0.5) is 0 Å². The fraction of sp³-hybridized carbons (Fsp3) is 0.143. The van der Waals surface area contributed by atoms with Gasteiger partial charge in [-0.05, 0) is 45.9 Å². The van der Waals surface area contributed by atoms with E-state index in [0.717, 1.165) is 21.7 Å². The highest BCUT2D eigenvalue weighted by Gasteiger charge is 1.98. The molecule has 0 amide bonds. The smallest absolute Gasteiger partial charge is 0.0542 e. The van der Waals surface area contributed by atoms with Crippen LogP contribution in [-0.4, -0.2) is 0 Å². The summed E-state index contributed by atoms with van der Waals surface area (Å²) in [5.41, 5.74) is 2.51. The van der Waals surface area contributed by atoms with Crippen LogP contribution in [0.25, 0.3) is 0 Å². The normalized spacial score (nSPS) is 10.5. The molecular formula is C14H13ClIN. The maximum absolute atomic E-state index is 6.07. The summed E-state index contributed by atoms with van der Waals surface area (Å²) >= 11 is 8.31. The highest BCUT2D eigenvalue weighted by Crippen LogP contribution is 2.19. The second-order valence-corrected chi connectivity index (χ2v) is 5.41. The van der Waals surface area contributed by atoms with Gasteiger partial charge in [0.25, 0.3) is 0 Å². The van der Waals surface area contributed by atoms with Gasteiger partial charge in [0.1, 0.15) is 0 Å². The van der Waals surface area contributed by atoms with Crippen LogP contribution in [0.2, 0.25) is 5.02 Å². The van der Waals surface area contributed by atoms with Gasteiger partial charge in [-0.2, -0.15) is 0 Å². The maximum atomic E-state index is 6.07. The molecule has 88 valence electrons. The van der Waals surface area contributed by atoms with E-state index in [9.17, 15) is 0 Å². The highest BCUT2D eigenvalue weighted by molar-refractivity contribution is 14.1. The van der Waals surface area contributed by atoms with Crippen molar-refractivity contribution in [3.8, 4) is 0 Å².